The number of anilines is 1. The molecule has 0 atom stereocenters. The molecule has 1 aromatic heterocycles. The number of nitrogens with zero attached hydrogens (tertiary/aromatic N) is 4. The fourth-order valence-corrected chi connectivity index (χ4v) is 3.13. The topological polar surface area (TPSA) is 99.4 Å². The van der Waals surface area contributed by atoms with Crippen LogP contribution in [0.25, 0.3) is 10.9 Å². The molecule has 140 valence electrons. The second kappa shape index (κ2) is 8.77. The van der Waals surface area contributed by atoms with Crippen LogP contribution in [-0.2, 0) is 6.54 Å². The maximum absolute atomic E-state index is 11.2. The minimum Gasteiger partial charge on any atom is -0.369 e. The van der Waals surface area contributed by atoms with Crippen molar-refractivity contribution in [1.29, 1.82) is 0 Å². The second-order valence-corrected chi connectivity index (χ2v) is 6.49. The predicted octanol–water partition coefficient (Wildman–Crippen LogP) is 0.848. The molecule has 0 spiro atoms. The first-order valence-corrected chi connectivity index (χ1v) is 9.08. The fraction of sp³-hybridized carbons (Fsp3) is 0.500. The number of rotatable bonds is 7. The first kappa shape index (κ1) is 18.3. The van der Waals surface area contributed by atoms with Crippen LogP contribution >= 0.6 is 0 Å². The molecular formula is C18H27N7O. The second-order valence-electron chi connectivity index (χ2n) is 6.49. The van der Waals surface area contributed by atoms with E-state index in [0.29, 0.717) is 19.6 Å². The molecule has 2 heterocycles. The SMILES string of the molecule is CNCCCNc1nc(CN2CCN(C(N)=O)CC2)nc2ccccc12. The molecule has 8 heteroatoms. The summed E-state index contributed by atoms with van der Waals surface area (Å²) in [5.74, 6) is 1.69. The summed E-state index contributed by atoms with van der Waals surface area (Å²) in [7, 11) is 1.95. The highest BCUT2D eigenvalue weighted by Gasteiger charge is 2.20. The van der Waals surface area contributed by atoms with Gasteiger partial charge in [0.1, 0.15) is 11.6 Å². The molecule has 0 unspecified atom stereocenters. The largest absolute Gasteiger partial charge is 0.369 e. The third kappa shape index (κ3) is 4.59. The Bertz CT molecular complexity index is 743. The van der Waals surface area contributed by atoms with Crippen LogP contribution in [0.5, 0.6) is 0 Å². The Labute approximate surface area is 153 Å². The van der Waals surface area contributed by atoms with Gasteiger partial charge < -0.3 is 21.3 Å². The Morgan fingerprint density at radius 1 is 1.15 bits per heavy atom. The number of fused-ring (bicyclic) bond motifs is 1. The van der Waals surface area contributed by atoms with Gasteiger partial charge in [0, 0.05) is 38.1 Å². The molecule has 1 aromatic carbocycles. The standard InChI is InChI=1S/C18H27N7O/c1-20-7-4-8-21-17-14-5-2-3-6-15(14)22-16(23-17)13-24-9-11-25(12-10-24)18(19)26/h2-3,5-6,20H,4,7-13H2,1H3,(H2,19,26)(H,21,22,23). The highest BCUT2D eigenvalue weighted by atomic mass is 16.2. The lowest BCUT2D eigenvalue weighted by Crippen LogP contribution is -2.50. The molecule has 0 bridgehead atoms. The van der Waals surface area contributed by atoms with E-state index >= 15 is 0 Å². The Morgan fingerprint density at radius 3 is 2.65 bits per heavy atom. The van der Waals surface area contributed by atoms with Crippen LogP contribution < -0.4 is 16.4 Å². The lowest BCUT2D eigenvalue weighted by molar-refractivity contribution is 0.139. The number of benzene rings is 1. The Morgan fingerprint density at radius 2 is 1.92 bits per heavy atom. The number of nitrogens with two attached hydrogens (primary N) is 1. The summed E-state index contributed by atoms with van der Waals surface area (Å²) in [5.41, 5.74) is 6.29. The smallest absolute Gasteiger partial charge is 0.314 e. The zero-order chi connectivity index (χ0) is 18.4. The zero-order valence-corrected chi connectivity index (χ0v) is 15.2. The first-order chi connectivity index (χ1) is 12.7. The van der Waals surface area contributed by atoms with Crippen molar-refractivity contribution in [2.45, 2.75) is 13.0 Å². The van der Waals surface area contributed by atoms with Gasteiger partial charge in [-0.2, -0.15) is 0 Å². The van der Waals surface area contributed by atoms with E-state index in [9.17, 15) is 4.79 Å². The Hall–Kier alpha value is -2.45. The number of para-hydroxylation sites is 1. The van der Waals surface area contributed by atoms with Gasteiger partial charge >= 0.3 is 6.03 Å². The van der Waals surface area contributed by atoms with E-state index in [1.54, 1.807) is 4.90 Å². The summed E-state index contributed by atoms with van der Waals surface area (Å²) in [6.45, 7) is 5.36. The summed E-state index contributed by atoms with van der Waals surface area (Å²) in [6.07, 6.45) is 1.03. The molecule has 4 N–H and O–H groups in total. The number of hydrogen-bond acceptors (Lipinski definition) is 6. The van der Waals surface area contributed by atoms with Crippen molar-refractivity contribution in [2.75, 3.05) is 51.6 Å². The summed E-state index contributed by atoms with van der Waals surface area (Å²) in [4.78, 5) is 24.7. The Kier molecular flexibility index (Phi) is 6.19. The number of piperazine rings is 1. The van der Waals surface area contributed by atoms with Gasteiger partial charge in [0.25, 0.3) is 0 Å². The van der Waals surface area contributed by atoms with Crippen LogP contribution in [0, 0.1) is 0 Å². The molecule has 0 aliphatic carbocycles. The molecule has 26 heavy (non-hydrogen) atoms. The van der Waals surface area contributed by atoms with Crippen LogP contribution in [0.1, 0.15) is 12.2 Å². The van der Waals surface area contributed by atoms with Crippen molar-refractivity contribution in [3.05, 3.63) is 30.1 Å². The number of carbonyl (C=O) groups excluding carboxylic acids is 1. The van der Waals surface area contributed by atoms with E-state index in [2.05, 4.69) is 15.5 Å². The molecule has 0 saturated carbocycles. The molecule has 2 aromatic rings. The number of primary amides is 1. The molecule has 1 saturated heterocycles. The zero-order valence-electron chi connectivity index (χ0n) is 15.2. The van der Waals surface area contributed by atoms with Crippen molar-refractivity contribution < 1.29 is 4.79 Å². The maximum Gasteiger partial charge on any atom is 0.314 e. The summed E-state index contributed by atoms with van der Waals surface area (Å²) in [6, 6.07) is 7.72. The average molecular weight is 357 g/mol. The third-order valence-corrected chi connectivity index (χ3v) is 4.59. The molecule has 8 nitrogen and oxygen atoms in total. The van der Waals surface area contributed by atoms with Gasteiger partial charge in [-0.05, 0) is 32.1 Å². The predicted molar refractivity (Wildman–Crippen MR) is 103 cm³/mol. The van der Waals surface area contributed by atoms with Gasteiger partial charge in [0.15, 0.2) is 0 Å². The average Bonchev–Trinajstić information content (AvgIpc) is 2.65. The molecule has 1 fully saturated rings. The van der Waals surface area contributed by atoms with E-state index in [1.807, 2.05) is 31.3 Å². The summed E-state index contributed by atoms with van der Waals surface area (Å²) >= 11 is 0. The van der Waals surface area contributed by atoms with Crippen molar-refractivity contribution in [2.24, 2.45) is 5.73 Å². The van der Waals surface area contributed by atoms with Crippen LogP contribution in [0.15, 0.2) is 24.3 Å². The normalized spacial score (nSPS) is 15.3. The molecule has 3 rings (SSSR count). The number of carbonyl (C=O) groups is 1. The van der Waals surface area contributed by atoms with E-state index in [4.69, 9.17) is 15.7 Å². The lowest BCUT2D eigenvalue weighted by atomic mass is 10.2. The van der Waals surface area contributed by atoms with Gasteiger partial charge in [0.05, 0.1) is 12.1 Å². The maximum atomic E-state index is 11.2. The number of hydrogen-bond donors (Lipinski definition) is 3. The summed E-state index contributed by atoms with van der Waals surface area (Å²) in [5, 5.41) is 7.64. The van der Waals surface area contributed by atoms with Crippen molar-refractivity contribution in [1.82, 2.24) is 25.1 Å². The molecule has 1 aliphatic rings. The summed E-state index contributed by atoms with van der Waals surface area (Å²) < 4.78 is 0. The lowest BCUT2D eigenvalue weighted by Gasteiger charge is -2.33. The van der Waals surface area contributed by atoms with Gasteiger partial charge in [-0.25, -0.2) is 14.8 Å². The highest BCUT2D eigenvalue weighted by molar-refractivity contribution is 5.88. The van der Waals surface area contributed by atoms with Gasteiger partial charge in [-0.1, -0.05) is 12.1 Å². The van der Waals surface area contributed by atoms with Crippen molar-refractivity contribution in [3.8, 4) is 0 Å². The molecule has 2 amide bonds. The molecular weight excluding hydrogens is 330 g/mol. The van der Waals surface area contributed by atoms with Crippen molar-refractivity contribution >= 4 is 22.8 Å². The van der Waals surface area contributed by atoms with Gasteiger partial charge in [0.2, 0.25) is 0 Å². The Balaban J connectivity index is 1.71. The molecule has 1 aliphatic heterocycles. The van der Waals surface area contributed by atoms with E-state index in [1.165, 1.54) is 0 Å². The van der Waals surface area contributed by atoms with Gasteiger partial charge in [-0.15, -0.1) is 0 Å². The quantitative estimate of drug-likeness (QED) is 0.635. The van der Waals surface area contributed by atoms with Crippen LogP contribution in [0.2, 0.25) is 0 Å². The number of urea groups is 1. The van der Waals surface area contributed by atoms with E-state index < -0.39 is 0 Å². The van der Waals surface area contributed by atoms with E-state index in [0.717, 1.165) is 55.1 Å². The number of nitrogens with one attached hydrogen (secondary N) is 2. The monoisotopic (exact) mass is 357 g/mol. The fourth-order valence-electron chi connectivity index (χ4n) is 3.13. The van der Waals surface area contributed by atoms with E-state index in [-0.39, 0.29) is 6.03 Å². The number of aromatic nitrogens is 2. The van der Waals surface area contributed by atoms with Crippen molar-refractivity contribution in [3.63, 3.8) is 0 Å². The number of amides is 2. The highest BCUT2D eigenvalue weighted by Crippen LogP contribution is 2.20. The minimum atomic E-state index is -0.348. The first-order valence-electron chi connectivity index (χ1n) is 9.08. The molecule has 0 radical (unpaired) electrons. The van der Waals surface area contributed by atoms with Crippen LogP contribution in [-0.4, -0.2) is 72.1 Å². The third-order valence-electron chi connectivity index (χ3n) is 4.59. The van der Waals surface area contributed by atoms with Crippen LogP contribution in [0.4, 0.5) is 10.6 Å². The van der Waals surface area contributed by atoms with Crippen LogP contribution in [0.3, 0.4) is 0 Å². The van der Waals surface area contributed by atoms with Gasteiger partial charge in [-0.3, -0.25) is 4.90 Å². The minimum absolute atomic E-state index is 0.348.